The van der Waals surface area contributed by atoms with Gasteiger partial charge in [-0.2, -0.15) is 0 Å². The average molecular weight is 314 g/mol. The molecule has 0 bridgehead atoms. The van der Waals surface area contributed by atoms with E-state index in [0.717, 1.165) is 6.42 Å². The fourth-order valence-corrected chi connectivity index (χ4v) is 3.23. The molecule has 1 atom stereocenters. The number of nitrogens with zero attached hydrogens (tertiary/aromatic N) is 1. The van der Waals surface area contributed by atoms with Crippen molar-refractivity contribution >= 4 is 16.9 Å². The van der Waals surface area contributed by atoms with Gasteiger partial charge < -0.3 is 9.72 Å². The van der Waals surface area contributed by atoms with Gasteiger partial charge in [-0.3, -0.25) is 9.59 Å². The molecule has 23 heavy (non-hydrogen) atoms. The minimum atomic E-state index is -0.552. The molecule has 0 radical (unpaired) electrons. The van der Waals surface area contributed by atoms with E-state index in [2.05, 4.69) is 9.97 Å². The number of hydrogen-bond acceptors (Lipinski definition) is 4. The Labute approximate surface area is 135 Å². The summed E-state index contributed by atoms with van der Waals surface area (Å²) < 4.78 is 5.43. The summed E-state index contributed by atoms with van der Waals surface area (Å²) in [6.07, 6.45) is 5.78. The molecule has 1 aromatic heterocycles. The van der Waals surface area contributed by atoms with Crippen LogP contribution in [0.3, 0.4) is 0 Å². The molecule has 0 saturated heterocycles. The lowest BCUT2D eigenvalue weighted by Gasteiger charge is -2.14. The van der Waals surface area contributed by atoms with Gasteiger partial charge in [-0.05, 0) is 31.4 Å². The number of carbonyl (C=O) groups is 1. The molecule has 5 nitrogen and oxygen atoms in total. The van der Waals surface area contributed by atoms with Crippen LogP contribution in [0.2, 0.25) is 0 Å². The molecule has 122 valence electrons. The van der Waals surface area contributed by atoms with Crippen LogP contribution in [-0.2, 0) is 9.53 Å². The predicted octanol–water partition coefficient (Wildman–Crippen LogP) is 3.50. The molecule has 1 unspecified atom stereocenters. The van der Waals surface area contributed by atoms with Crippen molar-refractivity contribution in [1.82, 2.24) is 9.97 Å². The van der Waals surface area contributed by atoms with E-state index in [4.69, 9.17) is 4.74 Å². The van der Waals surface area contributed by atoms with Gasteiger partial charge in [0.05, 0.1) is 10.9 Å². The third kappa shape index (κ3) is 3.78. The van der Waals surface area contributed by atoms with Crippen molar-refractivity contribution in [2.24, 2.45) is 5.92 Å². The summed E-state index contributed by atoms with van der Waals surface area (Å²) >= 11 is 0. The van der Waals surface area contributed by atoms with Gasteiger partial charge in [-0.25, -0.2) is 4.98 Å². The molecule has 1 aliphatic rings. The smallest absolute Gasteiger partial charge is 0.306 e. The molecular weight excluding hydrogens is 292 g/mol. The zero-order chi connectivity index (χ0) is 16.2. The second kappa shape index (κ2) is 6.94. The monoisotopic (exact) mass is 314 g/mol. The summed E-state index contributed by atoms with van der Waals surface area (Å²) in [6.45, 7) is 1.74. The van der Waals surface area contributed by atoms with E-state index in [1.54, 1.807) is 25.1 Å². The minimum absolute atomic E-state index is 0.209. The van der Waals surface area contributed by atoms with Crippen LogP contribution >= 0.6 is 0 Å². The second-order valence-corrected chi connectivity index (χ2v) is 6.29. The maximum Gasteiger partial charge on any atom is 0.306 e. The average Bonchev–Trinajstić information content (AvgIpc) is 3.06. The molecule has 1 aromatic carbocycles. The lowest BCUT2D eigenvalue weighted by atomic mass is 10.0. The first-order valence-electron chi connectivity index (χ1n) is 8.32. The van der Waals surface area contributed by atoms with Crippen LogP contribution in [-0.4, -0.2) is 15.9 Å². The van der Waals surface area contributed by atoms with Gasteiger partial charge in [0.25, 0.3) is 5.56 Å². The van der Waals surface area contributed by atoms with Crippen LogP contribution in [0.15, 0.2) is 29.1 Å². The number of esters is 1. The second-order valence-electron chi connectivity index (χ2n) is 6.29. The molecule has 1 N–H and O–H groups in total. The third-order valence-corrected chi connectivity index (χ3v) is 4.56. The quantitative estimate of drug-likeness (QED) is 0.857. The van der Waals surface area contributed by atoms with Gasteiger partial charge in [0.2, 0.25) is 0 Å². The Kier molecular flexibility index (Phi) is 4.74. The molecule has 0 amide bonds. The van der Waals surface area contributed by atoms with E-state index in [-0.39, 0.29) is 11.5 Å². The molecule has 1 aliphatic carbocycles. The first kappa shape index (κ1) is 15.7. The maximum absolute atomic E-state index is 12.1. The van der Waals surface area contributed by atoms with E-state index >= 15 is 0 Å². The predicted molar refractivity (Wildman–Crippen MR) is 88.1 cm³/mol. The Hall–Kier alpha value is -2.17. The first-order valence-corrected chi connectivity index (χ1v) is 8.32. The van der Waals surface area contributed by atoms with Gasteiger partial charge in [0, 0.05) is 6.42 Å². The van der Waals surface area contributed by atoms with Crippen LogP contribution in [0.1, 0.15) is 57.4 Å². The highest BCUT2D eigenvalue weighted by Crippen LogP contribution is 2.28. The van der Waals surface area contributed by atoms with Gasteiger partial charge in [-0.15, -0.1) is 0 Å². The van der Waals surface area contributed by atoms with Gasteiger partial charge >= 0.3 is 5.97 Å². The number of H-pyrrole nitrogens is 1. The van der Waals surface area contributed by atoms with Crippen LogP contribution in [0, 0.1) is 5.92 Å². The van der Waals surface area contributed by atoms with Crippen molar-refractivity contribution in [2.75, 3.05) is 0 Å². The summed E-state index contributed by atoms with van der Waals surface area (Å²) in [5.74, 6) is 0.833. The molecule has 5 heteroatoms. The number of nitrogens with one attached hydrogen (secondary N) is 1. The number of rotatable bonds is 5. The van der Waals surface area contributed by atoms with Crippen molar-refractivity contribution in [2.45, 2.75) is 51.6 Å². The number of fused-ring (bicyclic) bond motifs is 1. The SMILES string of the molecule is CC(OC(=O)CCC1CCCC1)c1nc2ccccc2c(=O)[nH]1. The Morgan fingerprint density at radius 1 is 1.35 bits per heavy atom. The van der Waals surface area contributed by atoms with Crippen molar-refractivity contribution in [1.29, 1.82) is 0 Å². The van der Waals surface area contributed by atoms with E-state index in [1.165, 1.54) is 25.7 Å². The number of hydrogen-bond donors (Lipinski definition) is 1. The number of aromatic nitrogens is 2. The largest absolute Gasteiger partial charge is 0.454 e. The summed E-state index contributed by atoms with van der Waals surface area (Å²) in [6, 6.07) is 7.13. The Morgan fingerprint density at radius 2 is 2.09 bits per heavy atom. The van der Waals surface area contributed by atoms with E-state index in [1.807, 2.05) is 6.07 Å². The molecular formula is C18H22N2O3. The van der Waals surface area contributed by atoms with Crippen molar-refractivity contribution < 1.29 is 9.53 Å². The number of aromatic amines is 1. The zero-order valence-electron chi connectivity index (χ0n) is 13.4. The maximum atomic E-state index is 12.1. The molecule has 1 saturated carbocycles. The minimum Gasteiger partial charge on any atom is -0.454 e. The van der Waals surface area contributed by atoms with Crippen LogP contribution in [0.4, 0.5) is 0 Å². The van der Waals surface area contributed by atoms with Crippen LogP contribution in [0.5, 0.6) is 0 Å². The highest BCUT2D eigenvalue weighted by Gasteiger charge is 2.19. The number of carbonyl (C=O) groups excluding carboxylic acids is 1. The lowest BCUT2D eigenvalue weighted by molar-refractivity contribution is -0.149. The Balaban J connectivity index is 1.64. The summed E-state index contributed by atoms with van der Waals surface area (Å²) in [4.78, 5) is 31.1. The molecule has 0 aliphatic heterocycles. The molecule has 1 fully saturated rings. The summed E-state index contributed by atoms with van der Waals surface area (Å²) in [7, 11) is 0. The normalized spacial score (nSPS) is 16.6. The molecule has 1 heterocycles. The Bertz CT molecular complexity index is 747. The fraction of sp³-hybridized carbons (Fsp3) is 0.500. The number of benzene rings is 1. The molecule has 2 aromatic rings. The fourth-order valence-electron chi connectivity index (χ4n) is 3.23. The summed E-state index contributed by atoms with van der Waals surface area (Å²) in [5.41, 5.74) is 0.402. The van der Waals surface area contributed by atoms with Crippen LogP contribution in [0.25, 0.3) is 10.9 Å². The lowest BCUT2D eigenvalue weighted by Crippen LogP contribution is -2.17. The third-order valence-electron chi connectivity index (χ3n) is 4.56. The van der Waals surface area contributed by atoms with E-state index in [9.17, 15) is 9.59 Å². The number of para-hydroxylation sites is 1. The Morgan fingerprint density at radius 3 is 2.87 bits per heavy atom. The standard InChI is InChI=1S/C18H22N2O3/c1-12(23-16(21)11-10-13-6-2-3-7-13)17-19-15-9-5-4-8-14(15)18(22)20-17/h4-5,8-9,12-13H,2-3,6-7,10-11H2,1H3,(H,19,20,22). The highest BCUT2D eigenvalue weighted by molar-refractivity contribution is 5.77. The van der Waals surface area contributed by atoms with E-state index < -0.39 is 6.10 Å². The topological polar surface area (TPSA) is 72.0 Å². The van der Waals surface area contributed by atoms with E-state index in [0.29, 0.717) is 29.1 Å². The van der Waals surface area contributed by atoms with Gasteiger partial charge in [0.1, 0.15) is 0 Å². The van der Waals surface area contributed by atoms with Crippen molar-refractivity contribution in [3.8, 4) is 0 Å². The first-order chi connectivity index (χ1) is 11.1. The van der Waals surface area contributed by atoms with Crippen molar-refractivity contribution in [3.63, 3.8) is 0 Å². The summed E-state index contributed by atoms with van der Waals surface area (Å²) in [5, 5.41) is 0.538. The number of ether oxygens (including phenoxy) is 1. The van der Waals surface area contributed by atoms with Crippen molar-refractivity contribution in [3.05, 3.63) is 40.4 Å². The van der Waals surface area contributed by atoms with Gasteiger partial charge in [-0.1, -0.05) is 37.8 Å². The molecule has 3 rings (SSSR count). The van der Waals surface area contributed by atoms with Crippen LogP contribution < -0.4 is 5.56 Å². The zero-order valence-corrected chi connectivity index (χ0v) is 13.4. The van der Waals surface area contributed by atoms with Gasteiger partial charge in [0.15, 0.2) is 11.9 Å². The molecule has 0 spiro atoms. The highest BCUT2D eigenvalue weighted by atomic mass is 16.5.